The van der Waals surface area contributed by atoms with Crippen LogP contribution < -0.4 is 10.0 Å². The molecule has 0 saturated carbocycles. The van der Waals surface area contributed by atoms with Crippen molar-refractivity contribution in [1.29, 1.82) is 0 Å². The molecule has 0 radical (unpaired) electrons. The lowest BCUT2D eigenvalue weighted by molar-refractivity contribution is -0.258. The maximum absolute atomic E-state index is 13.1. The molecule has 3 N–H and O–H groups in total. The van der Waals surface area contributed by atoms with E-state index in [1.165, 1.54) is 30.3 Å². The molecule has 0 spiro atoms. The van der Waals surface area contributed by atoms with Gasteiger partial charge < -0.3 is 10.4 Å². The Labute approximate surface area is 195 Å². The number of aliphatic hydroxyl groups is 1. The third-order valence-corrected chi connectivity index (χ3v) is 8.07. The van der Waals surface area contributed by atoms with Crippen molar-refractivity contribution in [2.45, 2.75) is 42.3 Å². The van der Waals surface area contributed by atoms with Crippen molar-refractivity contribution >= 4 is 27.0 Å². The van der Waals surface area contributed by atoms with Gasteiger partial charge in [0.05, 0.1) is 0 Å². The van der Waals surface area contributed by atoms with Gasteiger partial charge in [-0.15, -0.1) is 11.3 Å². The summed E-state index contributed by atoms with van der Waals surface area (Å²) in [6.45, 7) is 2.73. The monoisotopic (exact) mass is 498 g/mol. The number of aryl methyl sites for hydroxylation is 1. The van der Waals surface area contributed by atoms with Gasteiger partial charge in [-0.05, 0) is 55.0 Å². The zero-order valence-corrected chi connectivity index (χ0v) is 19.7. The molecule has 0 fully saturated rings. The first-order valence-electron chi connectivity index (χ1n) is 10.1. The minimum absolute atomic E-state index is 0.0656. The van der Waals surface area contributed by atoms with Crippen LogP contribution in [0.25, 0.3) is 0 Å². The van der Waals surface area contributed by atoms with Crippen molar-refractivity contribution in [3.8, 4) is 0 Å². The van der Waals surface area contributed by atoms with E-state index in [1.54, 1.807) is 11.4 Å². The lowest BCUT2D eigenvalue weighted by Gasteiger charge is -2.27. The Balaban J connectivity index is 1.78. The second-order valence-corrected chi connectivity index (χ2v) is 10.9. The van der Waals surface area contributed by atoms with Crippen molar-refractivity contribution in [3.05, 3.63) is 82.7 Å². The SMILES string of the molecule is Cc1ccc(CC(CNS(=O)(=O)c2cccs2)Nc2ccc(C(C)(O)C(F)(F)F)cc2)cc1. The Kier molecular flexibility index (Phi) is 7.52. The molecule has 0 bridgehead atoms. The zero-order chi connectivity index (χ0) is 24.3. The molecular weight excluding hydrogens is 473 g/mol. The van der Waals surface area contributed by atoms with Crippen LogP contribution in [0, 0.1) is 6.92 Å². The van der Waals surface area contributed by atoms with Crippen molar-refractivity contribution in [2.75, 3.05) is 11.9 Å². The van der Waals surface area contributed by atoms with Crippen LogP contribution in [0.1, 0.15) is 23.6 Å². The van der Waals surface area contributed by atoms with E-state index < -0.39 is 21.8 Å². The molecule has 2 atom stereocenters. The molecule has 0 aliphatic heterocycles. The number of sulfonamides is 1. The van der Waals surface area contributed by atoms with Crippen LogP contribution in [-0.2, 0) is 22.0 Å². The van der Waals surface area contributed by atoms with Gasteiger partial charge >= 0.3 is 6.18 Å². The van der Waals surface area contributed by atoms with E-state index in [1.807, 2.05) is 31.2 Å². The molecule has 5 nitrogen and oxygen atoms in total. The standard InChI is InChI=1S/C23H25F3N2O3S2/c1-16-5-7-17(8-6-16)14-20(15-27-33(30,31)21-4-3-13-32-21)28-19-11-9-18(10-12-19)22(2,29)23(24,25)26/h3-13,20,27-29H,14-15H2,1-2H3. The number of hydrogen-bond acceptors (Lipinski definition) is 5. The van der Waals surface area contributed by atoms with Crippen LogP contribution in [0.3, 0.4) is 0 Å². The van der Waals surface area contributed by atoms with Crippen LogP contribution in [-0.4, -0.2) is 32.3 Å². The minimum atomic E-state index is -4.81. The molecule has 0 saturated heterocycles. The normalized spacial score (nSPS) is 15.1. The van der Waals surface area contributed by atoms with Gasteiger partial charge in [-0.1, -0.05) is 48.0 Å². The van der Waals surface area contributed by atoms with Crippen molar-refractivity contribution in [3.63, 3.8) is 0 Å². The molecule has 33 heavy (non-hydrogen) atoms. The fourth-order valence-corrected chi connectivity index (χ4v) is 5.29. The molecule has 0 amide bonds. The highest BCUT2D eigenvalue weighted by molar-refractivity contribution is 7.91. The lowest BCUT2D eigenvalue weighted by Crippen LogP contribution is -2.39. The first-order chi connectivity index (χ1) is 15.4. The summed E-state index contributed by atoms with van der Waals surface area (Å²) in [4.78, 5) is 0. The van der Waals surface area contributed by atoms with Crippen LogP contribution in [0.2, 0.25) is 0 Å². The number of nitrogens with one attached hydrogen (secondary N) is 2. The summed E-state index contributed by atoms with van der Waals surface area (Å²) in [6, 6.07) is 15.9. The number of thiophene rings is 1. The summed E-state index contributed by atoms with van der Waals surface area (Å²) in [6.07, 6.45) is -4.33. The smallest absolute Gasteiger partial charge is 0.381 e. The number of anilines is 1. The summed E-state index contributed by atoms with van der Waals surface area (Å²) in [5, 5.41) is 14.7. The summed E-state index contributed by atoms with van der Waals surface area (Å²) < 4.78 is 67.2. The minimum Gasteiger partial charge on any atom is -0.381 e. The van der Waals surface area contributed by atoms with Crippen LogP contribution >= 0.6 is 11.3 Å². The first-order valence-corrected chi connectivity index (χ1v) is 12.5. The number of halogens is 3. The Morgan fingerprint density at radius 1 is 1.03 bits per heavy atom. The highest BCUT2D eigenvalue weighted by atomic mass is 32.2. The predicted molar refractivity (Wildman–Crippen MR) is 124 cm³/mol. The van der Waals surface area contributed by atoms with Crippen molar-refractivity contribution in [1.82, 2.24) is 4.72 Å². The summed E-state index contributed by atoms with van der Waals surface area (Å²) >= 11 is 1.11. The van der Waals surface area contributed by atoms with E-state index in [-0.39, 0.29) is 22.4 Å². The Morgan fingerprint density at radius 3 is 2.21 bits per heavy atom. The maximum atomic E-state index is 13.1. The maximum Gasteiger partial charge on any atom is 0.421 e. The number of benzene rings is 2. The van der Waals surface area contributed by atoms with Gasteiger partial charge in [0.2, 0.25) is 10.0 Å². The Hall–Kier alpha value is -2.40. The topological polar surface area (TPSA) is 78.4 Å². The number of rotatable bonds is 9. The molecule has 3 aromatic rings. The summed E-state index contributed by atoms with van der Waals surface area (Å²) in [5.74, 6) is 0. The van der Waals surface area contributed by atoms with Crippen molar-refractivity contribution in [2.24, 2.45) is 0 Å². The van der Waals surface area contributed by atoms with E-state index in [4.69, 9.17) is 0 Å². The highest BCUT2D eigenvalue weighted by Gasteiger charge is 2.51. The molecule has 1 aromatic heterocycles. The average molecular weight is 499 g/mol. The third-order valence-electron chi connectivity index (χ3n) is 5.25. The van der Waals surface area contributed by atoms with Gasteiger partial charge in [-0.3, -0.25) is 0 Å². The lowest BCUT2D eigenvalue weighted by atomic mass is 9.95. The fourth-order valence-electron chi connectivity index (χ4n) is 3.17. The van der Waals surface area contributed by atoms with Crippen LogP contribution in [0.15, 0.2) is 70.3 Å². The summed E-state index contributed by atoms with van der Waals surface area (Å²) in [7, 11) is -3.68. The van der Waals surface area contributed by atoms with Gasteiger partial charge in [-0.2, -0.15) is 13.2 Å². The fraction of sp³-hybridized carbons (Fsp3) is 0.304. The second-order valence-electron chi connectivity index (χ2n) is 7.96. The van der Waals surface area contributed by atoms with E-state index in [9.17, 15) is 26.7 Å². The van der Waals surface area contributed by atoms with Gasteiger partial charge in [0, 0.05) is 18.3 Å². The predicted octanol–water partition coefficient (Wildman–Crippen LogP) is 4.83. The number of hydrogen-bond donors (Lipinski definition) is 3. The van der Waals surface area contributed by atoms with Crippen molar-refractivity contribution < 1.29 is 26.7 Å². The van der Waals surface area contributed by atoms with Gasteiger partial charge in [0.25, 0.3) is 0 Å². The first kappa shape index (κ1) is 25.2. The van der Waals surface area contributed by atoms with Gasteiger partial charge in [0.15, 0.2) is 5.60 Å². The van der Waals surface area contributed by atoms with E-state index in [0.29, 0.717) is 19.0 Å². The van der Waals surface area contributed by atoms with Gasteiger partial charge in [-0.25, -0.2) is 13.1 Å². The van der Waals surface area contributed by atoms with E-state index in [2.05, 4.69) is 10.0 Å². The molecule has 2 aromatic carbocycles. The Morgan fingerprint density at radius 2 is 1.67 bits per heavy atom. The highest BCUT2D eigenvalue weighted by Crippen LogP contribution is 2.38. The third kappa shape index (κ3) is 6.35. The molecule has 0 aliphatic carbocycles. The molecule has 10 heteroatoms. The number of alkyl halides is 3. The average Bonchev–Trinajstić information content (AvgIpc) is 3.29. The molecular formula is C23H25F3N2O3S2. The van der Waals surface area contributed by atoms with Crippen LogP contribution in [0.4, 0.5) is 18.9 Å². The molecule has 178 valence electrons. The van der Waals surface area contributed by atoms with Gasteiger partial charge in [0.1, 0.15) is 4.21 Å². The molecule has 0 aliphatic rings. The zero-order valence-electron chi connectivity index (χ0n) is 18.1. The summed E-state index contributed by atoms with van der Waals surface area (Å²) in [5.41, 5.74) is -0.680. The molecule has 3 rings (SSSR count). The largest absolute Gasteiger partial charge is 0.421 e. The molecule has 2 unspecified atom stereocenters. The Bertz CT molecular complexity index is 1140. The quantitative estimate of drug-likeness (QED) is 0.395. The van der Waals surface area contributed by atoms with E-state index in [0.717, 1.165) is 22.5 Å². The molecule has 1 heterocycles. The van der Waals surface area contributed by atoms with E-state index >= 15 is 0 Å². The second kappa shape index (κ2) is 9.84. The van der Waals surface area contributed by atoms with Crippen LogP contribution in [0.5, 0.6) is 0 Å².